The molecule has 18 heavy (non-hydrogen) atoms. The molecule has 0 aromatic heterocycles. The summed E-state index contributed by atoms with van der Waals surface area (Å²) in [7, 11) is 0. The van der Waals surface area contributed by atoms with Crippen molar-refractivity contribution in [2.75, 3.05) is 12.9 Å². The molecule has 0 amide bonds. The van der Waals surface area contributed by atoms with Gasteiger partial charge in [-0.1, -0.05) is 0 Å². The van der Waals surface area contributed by atoms with E-state index in [0.29, 0.717) is 12.6 Å². The first kappa shape index (κ1) is 12.2. The van der Waals surface area contributed by atoms with E-state index in [-0.39, 0.29) is 11.8 Å². The van der Waals surface area contributed by atoms with Gasteiger partial charge in [-0.2, -0.15) is 11.8 Å². The van der Waals surface area contributed by atoms with Crippen LogP contribution in [0.25, 0.3) is 0 Å². The van der Waals surface area contributed by atoms with E-state index in [9.17, 15) is 5.11 Å². The Morgan fingerprint density at radius 2 is 2.28 bits per heavy atom. The second kappa shape index (κ2) is 5.02. The third-order valence-corrected chi connectivity index (χ3v) is 5.03. The van der Waals surface area contributed by atoms with Crippen LogP contribution in [-0.4, -0.2) is 29.3 Å². The van der Waals surface area contributed by atoms with Crippen molar-refractivity contribution in [3.05, 3.63) is 23.8 Å². The van der Waals surface area contributed by atoms with Gasteiger partial charge in [-0.25, -0.2) is 0 Å². The fourth-order valence-electron chi connectivity index (χ4n) is 2.93. The summed E-state index contributed by atoms with van der Waals surface area (Å²) in [5.74, 6) is 1.10. The molecular formula is C14H19NO2S. The van der Waals surface area contributed by atoms with Crippen molar-refractivity contribution in [2.24, 2.45) is 0 Å². The van der Waals surface area contributed by atoms with E-state index in [4.69, 9.17) is 4.74 Å². The minimum absolute atomic E-state index is 0.276. The second-order valence-corrected chi connectivity index (χ2v) is 6.26. The quantitative estimate of drug-likeness (QED) is 0.881. The maximum absolute atomic E-state index is 9.43. The number of ether oxygens (including phenoxy) is 1. The molecule has 3 rings (SSSR count). The van der Waals surface area contributed by atoms with Crippen LogP contribution in [0.2, 0.25) is 0 Å². The van der Waals surface area contributed by atoms with E-state index in [1.165, 1.54) is 24.8 Å². The molecule has 2 aliphatic rings. The summed E-state index contributed by atoms with van der Waals surface area (Å²) in [6.07, 6.45) is 6.03. The highest BCUT2D eigenvalue weighted by Gasteiger charge is 2.30. The smallest absolute Gasteiger partial charge is 0.127 e. The lowest BCUT2D eigenvalue weighted by Gasteiger charge is -2.18. The monoisotopic (exact) mass is 265 g/mol. The summed E-state index contributed by atoms with van der Waals surface area (Å²) >= 11 is 1.98. The lowest BCUT2D eigenvalue weighted by Crippen LogP contribution is -2.32. The topological polar surface area (TPSA) is 41.5 Å². The predicted octanol–water partition coefficient (Wildman–Crippen LogP) is 2.70. The fourth-order valence-corrected chi connectivity index (χ4v) is 3.72. The van der Waals surface area contributed by atoms with E-state index >= 15 is 0 Å². The summed E-state index contributed by atoms with van der Waals surface area (Å²) in [4.78, 5) is 0. The first-order chi connectivity index (χ1) is 8.76. The van der Waals surface area contributed by atoms with Gasteiger partial charge in [0.15, 0.2) is 0 Å². The highest BCUT2D eigenvalue weighted by atomic mass is 32.2. The summed E-state index contributed by atoms with van der Waals surface area (Å²) in [6.45, 7) is 0.680. The van der Waals surface area contributed by atoms with E-state index in [1.54, 1.807) is 12.1 Å². The number of benzene rings is 1. The van der Waals surface area contributed by atoms with Gasteiger partial charge in [-0.05, 0) is 37.7 Å². The molecule has 0 spiro atoms. The largest absolute Gasteiger partial charge is 0.508 e. The lowest BCUT2D eigenvalue weighted by molar-refractivity contribution is 0.296. The van der Waals surface area contributed by atoms with Crippen LogP contribution >= 0.6 is 11.8 Å². The summed E-state index contributed by atoms with van der Waals surface area (Å²) in [5, 5.41) is 13.9. The van der Waals surface area contributed by atoms with Crippen LogP contribution < -0.4 is 10.1 Å². The lowest BCUT2D eigenvalue weighted by atomic mass is 10.1. The maximum atomic E-state index is 9.43. The Balaban J connectivity index is 1.66. The maximum Gasteiger partial charge on any atom is 0.127 e. The molecule has 1 aliphatic heterocycles. The van der Waals surface area contributed by atoms with Crippen molar-refractivity contribution in [3.8, 4) is 11.5 Å². The fraction of sp³-hybridized carbons (Fsp3) is 0.571. The third kappa shape index (κ3) is 2.31. The Morgan fingerprint density at radius 3 is 3.06 bits per heavy atom. The van der Waals surface area contributed by atoms with Gasteiger partial charge >= 0.3 is 0 Å². The molecule has 1 heterocycles. The molecule has 4 heteroatoms. The number of hydrogen-bond acceptors (Lipinski definition) is 4. The minimum Gasteiger partial charge on any atom is -0.508 e. The van der Waals surface area contributed by atoms with Gasteiger partial charge < -0.3 is 15.2 Å². The Kier molecular flexibility index (Phi) is 3.39. The normalized spacial score (nSPS) is 30.2. The molecule has 2 N–H and O–H groups in total. The molecule has 3 atom stereocenters. The average Bonchev–Trinajstić information content (AvgIpc) is 2.97. The van der Waals surface area contributed by atoms with Crippen LogP contribution in [0.15, 0.2) is 18.2 Å². The predicted molar refractivity (Wildman–Crippen MR) is 74.4 cm³/mol. The number of aromatic hydroxyl groups is 1. The number of phenols is 1. The van der Waals surface area contributed by atoms with Crippen molar-refractivity contribution in [2.45, 2.75) is 36.6 Å². The zero-order valence-corrected chi connectivity index (χ0v) is 11.4. The number of rotatable bonds is 3. The molecule has 3 unspecified atom stereocenters. The van der Waals surface area contributed by atoms with Crippen LogP contribution in [0.3, 0.4) is 0 Å². The van der Waals surface area contributed by atoms with Gasteiger partial charge in [-0.15, -0.1) is 0 Å². The number of phenolic OH excluding ortho intramolecular Hbond substituents is 1. The van der Waals surface area contributed by atoms with Gasteiger partial charge in [0.05, 0.1) is 6.04 Å². The van der Waals surface area contributed by atoms with Crippen LogP contribution in [0.1, 0.15) is 30.9 Å². The van der Waals surface area contributed by atoms with Crippen molar-refractivity contribution >= 4 is 11.8 Å². The van der Waals surface area contributed by atoms with Gasteiger partial charge in [0.1, 0.15) is 18.1 Å². The molecule has 0 bridgehead atoms. The molecular weight excluding hydrogens is 246 g/mol. The number of hydrogen-bond donors (Lipinski definition) is 2. The molecule has 0 saturated heterocycles. The van der Waals surface area contributed by atoms with Crippen molar-refractivity contribution in [3.63, 3.8) is 0 Å². The molecule has 1 aromatic carbocycles. The molecule has 98 valence electrons. The zero-order valence-electron chi connectivity index (χ0n) is 10.6. The number of thioether (sulfide) groups is 1. The highest BCUT2D eigenvalue weighted by molar-refractivity contribution is 7.99. The average molecular weight is 265 g/mol. The summed E-state index contributed by atoms with van der Waals surface area (Å²) in [6, 6.07) is 6.30. The molecule has 0 radical (unpaired) electrons. The third-order valence-electron chi connectivity index (χ3n) is 3.93. The van der Waals surface area contributed by atoms with Gasteiger partial charge in [0.25, 0.3) is 0 Å². The van der Waals surface area contributed by atoms with Crippen molar-refractivity contribution in [1.82, 2.24) is 5.32 Å². The first-order valence-electron chi connectivity index (χ1n) is 6.51. The SMILES string of the molecule is CSC1CCC(NC2COc3cc(O)ccc32)C1. The van der Waals surface area contributed by atoms with Crippen molar-refractivity contribution in [1.29, 1.82) is 0 Å². The second-order valence-electron chi connectivity index (χ2n) is 5.12. The molecule has 1 aromatic rings. The van der Waals surface area contributed by atoms with Crippen molar-refractivity contribution < 1.29 is 9.84 Å². The summed E-state index contributed by atoms with van der Waals surface area (Å²) in [5.41, 5.74) is 1.18. The van der Waals surface area contributed by atoms with Gasteiger partial charge in [-0.3, -0.25) is 0 Å². The number of fused-ring (bicyclic) bond motifs is 1. The molecule has 1 saturated carbocycles. The van der Waals surface area contributed by atoms with Gasteiger partial charge in [0.2, 0.25) is 0 Å². The van der Waals surface area contributed by atoms with Gasteiger partial charge in [0, 0.05) is 22.9 Å². The minimum atomic E-state index is 0.276. The number of nitrogens with one attached hydrogen (secondary N) is 1. The van der Waals surface area contributed by atoms with Crippen LogP contribution in [-0.2, 0) is 0 Å². The van der Waals surface area contributed by atoms with Crippen LogP contribution in [0.4, 0.5) is 0 Å². The molecule has 3 nitrogen and oxygen atoms in total. The highest BCUT2D eigenvalue weighted by Crippen LogP contribution is 2.37. The molecule has 1 fully saturated rings. The van der Waals surface area contributed by atoms with E-state index in [1.807, 2.05) is 17.8 Å². The Morgan fingerprint density at radius 1 is 1.39 bits per heavy atom. The summed E-state index contributed by atoms with van der Waals surface area (Å²) < 4.78 is 5.63. The Bertz CT molecular complexity index is 438. The van der Waals surface area contributed by atoms with E-state index in [0.717, 1.165) is 11.0 Å². The Hall–Kier alpha value is -0.870. The first-order valence-corrected chi connectivity index (χ1v) is 7.79. The Labute approximate surface area is 112 Å². The van der Waals surface area contributed by atoms with Crippen LogP contribution in [0, 0.1) is 0 Å². The van der Waals surface area contributed by atoms with Crippen LogP contribution in [0.5, 0.6) is 11.5 Å². The standard InChI is InChI=1S/C14H19NO2S/c1-18-11-4-2-9(6-11)15-13-8-17-14-7-10(16)3-5-12(13)14/h3,5,7,9,11,13,15-16H,2,4,6,8H2,1H3. The van der Waals surface area contributed by atoms with E-state index in [2.05, 4.69) is 11.6 Å². The zero-order chi connectivity index (χ0) is 12.5. The van der Waals surface area contributed by atoms with E-state index < -0.39 is 0 Å². The molecule has 1 aliphatic carbocycles.